The number of carboxylic acid groups (broad SMARTS) is 1. The molecule has 0 radical (unpaired) electrons. The lowest BCUT2D eigenvalue weighted by molar-refractivity contribution is -0.146. The average molecular weight is 816 g/mol. The Hall–Kier alpha value is -4.11. The number of allylic oxidation sites excluding steroid dienone is 1. The Morgan fingerprint density at radius 1 is 1.14 bits per heavy atom. The third-order valence-corrected chi connectivity index (χ3v) is 13.4. The summed E-state index contributed by atoms with van der Waals surface area (Å²) < 4.78 is 40.5. The van der Waals surface area contributed by atoms with E-state index < -0.39 is 80.2 Å². The molecule has 2 saturated carbocycles. The molecule has 3 heterocycles. The van der Waals surface area contributed by atoms with Crippen LogP contribution < -0.4 is 19.5 Å². The Balaban J connectivity index is 1.41. The van der Waals surface area contributed by atoms with Crippen LogP contribution in [0.15, 0.2) is 36.4 Å². The van der Waals surface area contributed by atoms with E-state index in [4.69, 9.17) is 21.1 Å². The summed E-state index contributed by atoms with van der Waals surface area (Å²) in [7, 11) is -3.93. The predicted octanol–water partition coefficient (Wildman–Crippen LogP) is 5.67. The smallest absolute Gasteiger partial charge is 0.408 e. The summed E-state index contributed by atoms with van der Waals surface area (Å²) in [6, 6.07) is 4.65. The SMILES string of the molecule is CCCOc1cc2c(Cl)cccc2c(O[C@@H]2C[C@H]3C(=O)N[C@]4(C(=O)NS(=O)(=O)C5CC5)C[C@H]4/C=C\CC[C@H](C)C[C@@H](C)[C@H](N(C(=O)O)C(C)(C)C)C(=O)N3C2)n1. The van der Waals surface area contributed by atoms with Gasteiger partial charge in [-0.1, -0.05) is 50.6 Å². The summed E-state index contributed by atoms with van der Waals surface area (Å²) in [5, 5.41) is 14.5. The normalized spacial score (nSPS) is 29.2. The van der Waals surface area contributed by atoms with Crippen LogP contribution >= 0.6 is 11.6 Å². The second-order valence-electron chi connectivity index (χ2n) is 17.0. The Morgan fingerprint density at radius 2 is 1.88 bits per heavy atom. The van der Waals surface area contributed by atoms with E-state index in [9.17, 15) is 27.9 Å². The van der Waals surface area contributed by atoms with Crippen molar-refractivity contribution in [3.05, 3.63) is 41.4 Å². The number of ether oxygens (including phenoxy) is 2. The molecule has 2 aliphatic carbocycles. The number of fused-ring (bicyclic) bond motifs is 3. The molecule has 1 aromatic heterocycles. The molecule has 0 unspecified atom stereocenters. The minimum Gasteiger partial charge on any atom is -0.478 e. The van der Waals surface area contributed by atoms with Gasteiger partial charge >= 0.3 is 6.09 Å². The van der Waals surface area contributed by atoms with Gasteiger partial charge in [0.2, 0.25) is 33.6 Å². The van der Waals surface area contributed by atoms with Gasteiger partial charge in [0, 0.05) is 39.7 Å². The number of amides is 4. The van der Waals surface area contributed by atoms with Crippen molar-refractivity contribution >= 4 is 56.2 Å². The number of hydrogen-bond acceptors (Lipinski definition) is 9. The van der Waals surface area contributed by atoms with E-state index in [-0.39, 0.29) is 37.1 Å². The lowest BCUT2D eigenvalue weighted by Crippen LogP contribution is -2.62. The number of aromatic nitrogens is 1. The first kappa shape index (κ1) is 41.5. The molecule has 6 rings (SSSR count). The van der Waals surface area contributed by atoms with E-state index in [0.717, 1.165) is 12.8 Å². The Kier molecular flexibility index (Phi) is 11.9. The van der Waals surface area contributed by atoms with Gasteiger partial charge in [-0.2, -0.15) is 4.98 Å². The second-order valence-corrected chi connectivity index (χ2v) is 19.3. The lowest BCUT2D eigenvalue weighted by atomic mass is 9.85. The van der Waals surface area contributed by atoms with E-state index >= 15 is 4.79 Å². The Bertz CT molecular complexity index is 2000. The van der Waals surface area contributed by atoms with Crippen molar-refractivity contribution in [2.45, 2.75) is 127 Å². The highest BCUT2D eigenvalue weighted by atomic mass is 35.5. The largest absolute Gasteiger partial charge is 0.478 e. The molecule has 4 aliphatic rings. The molecule has 1 saturated heterocycles. The van der Waals surface area contributed by atoms with E-state index in [2.05, 4.69) is 21.9 Å². The van der Waals surface area contributed by atoms with Crippen LogP contribution in [0, 0.1) is 17.8 Å². The van der Waals surface area contributed by atoms with Gasteiger partial charge in [-0.25, -0.2) is 13.2 Å². The summed E-state index contributed by atoms with van der Waals surface area (Å²) in [6.45, 7) is 11.4. The van der Waals surface area contributed by atoms with Crippen LogP contribution in [0.5, 0.6) is 11.8 Å². The van der Waals surface area contributed by atoms with Crippen LogP contribution in [0.1, 0.15) is 92.9 Å². The van der Waals surface area contributed by atoms with E-state index in [1.165, 1.54) is 9.80 Å². The van der Waals surface area contributed by atoms with Gasteiger partial charge in [0.05, 0.1) is 18.4 Å². The topological polar surface area (TPSA) is 185 Å². The van der Waals surface area contributed by atoms with Gasteiger partial charge in [0.25, 0.3) is 5.91 Å². The molecule has 7 atom stereocenters. The zero-order chi connectivity index (χ0) is 40.7. The van der Waals surface area contributed by atoms with Gasteiger partial charge in [0.1, 0.15) is 23.7 Å². The highest BCUT2D eigenvalue weighted by molar-refractivity contribution is 7.91. The van der Waals surface area contributed by atoms with Gasteiger partial charge in [-0.3, -0.25) is 24.0 Å². The summed E-state index contributed by atoms with van der Waals surface area (Å²) in [4.78, 5) is 63.7. The monoisotopic (exact) mass is 815 g/mol. The van der Waals surface area contributed by atoms with Crippen LogP contribution in [-0.2, 0) is 24.4 Å². The van der Waals surface area contributed by atoms with Crippen LogP contribution in [0.2, 0.25) is 5.02 Å². The minimum atomic E-state index is -3.93. The van der Waals surface area contributed by atoms with Crippen molar-refractivity contribution in [3.8, 4) is 11.8 Å². The van der Waals surface area contributed by atoms with Crippen molar-refractivity contribution in [2.75, 3.05) is 13.2 Å². The van der Waals surface area contributed by atoms with Crippen molar-refractivity contribution in [1.82, 2.24) is 24.8 Å². The molecule has 16 heteroatoms. The van der Waals surface area contributed by atoms with Crippen molar-refractivity contribution in [3.63, 3.8) is 0 Å². The first-order chi connectivity index (χ1) is 26.4. The molecule has 4 amide bonds. The van der Waals surface area contributed by atoms with E-state index in [1.54, 1.807) is 45.0 Å². The quantitative estimate of drug-likeness (QED) is 0.267. The number of pyridine rings is 1. The predicted molar refractivity (Wildman–Crippen MR) is 211 cm³/mol. The summed E-state index contributed by atoms with van der Waals surface area (Å²) in [5.74, 6) is -2.40. The highest BCUT2D eigenvalue weighted by Crippen LogP contribution is 2.46. The Labute approximate surface area is 333 Å². The number of rotatable bonds is 9. The Morgan fingerprint density at radius 3 is 2.54 bits per heavy atom. The maximum atomic E-state index is 15.1. The molecule has 3 N–H and O–H groups in total. The number of nitrogens with zero attached hydrogens (tertiary/aromatic N) is 3. The lowest BCUT2D eigenvalue weighted by Gasteiger charge is -2.43. The highest BCUT2D eigenvalue weighted by Gasteiger charge is 2.62. The standard InChI is InChI=1S/C40H54ClN5O9S/c1-7-17-54-32-20-29-28(13-10-14-30(29)41)35(42-32)55-26-19-31-34(47)43-40(37(49)44-56(52,53)27-15-16-27)21-25(40)12-9-8-11-23(2)18-24(3)33(36(48)45(31)22-26)46(38(50)51)39(4,5)6/h9-10,12-14,20,23-27,31,33H,7-8,11,15-19,21-22H2,1-6H3,(H,43,47)(H,44,49)(H,50,51)/b12-9-/t23-,24+,25+,26+,31-,33-,40+/m0/s1. The van der Waals surface area contributed by atoms with Gasteiger partial charge in [-0.05, 0) is 89.7 Å². The fourth-order valence-electron chi connectivity index (χ4n) is 8.18. The molecule has 0 spiro atoms. The fraction of sp³-hybridized carbons (Fsp3) is 0.625. The van der Waals surface area contributed by atoms with Gasteiger partial charge in [-0.15, -0.1) is 0 Å². The minimum absolute atomic E-state index is 0.0278. The van der Waals surface area contributed by atoms with Gasteiger partial charge < -0.3 is 24.8 Å². The van der Waals surface area contributed by atoms with Crippen LogP contribution in [0.4, 0.5) is 4.79 Å². The average Bonchev–Trinajstić information content (AvgIpc) is 4.04. The van der Waals surface area contributed by atoms with Crippen molar-refractivity contribution in [2.24, 2.45) is 17.8 Å². The number of carbonyl (C=O) groups excluding carboxylic acids is 3. The summed E-state index contributed by atoms with van der Waals surface area (Å²) in [5.41, 5.74) is -2.54. The van der Waals surface area contributed by atoms with Gasteiger partial charge in [0.15, 0.2) is 0 Å². The van der Waals surface area contributed by atoms with Crippen LogP contribution in [-0.4, -0.2) is 99.8 Å². The third kappa shape index (κ3) is 8.73. The molecule has 306 valence electrons. The molecular formula is C40H54ClN5O9S. The third-order valence-electron chi connectivity index (χ3n) is 11.3. The number of halogens is 1. The van der Waals surface area contributed by atoms with Crippen molar-refractivity contribution in [1.29, 1.82) is 0 Å². The number of nitrogens with one attached hydrogen (secondary N) is 2. The van der Waals surface area contributed by atoms with E-state index in [1.807, 2.05) is 26.0 Å². The molecular weight excluding hydrogens is 762 g/mol. The summed E-state index contributed by atoms with van der Waals surface area (Å²) in [6.07, 6.45) is 5.42. The zero-order valence-electron chi connectivity index (χ0n) is 32.9. The maximum Gasteiger partial charge on any atom is 0.408 e. The number of sulfonamides is 1. The molecule has 2 aromatic rings. The molecule has 56 heavy (non-hydrogen) atoms. The molecule has 3 fully saturated rings. The first-order valence-electron chi connectivity index (χ1n) is 19.6. The summed E-state index contributed by atoms with van der Waals surface area (Å²) >= 11 is 6.59. The van der Waals surface area contributed by atoms with Crippen molar-refractivity contribution < 1.29 is 42.2 Å². The maximum absolute atomic E-state index is 15.1. The molecule has 2 aliphatic heterocycles. The zero-order valence-corrected chi connectivity index (χ0v) is 34.5. The number of carbonyl (C=O) groups is 4. The van der Waals surface area contributed by atoms with Crippen LogP contribution in [0.3, 0.4) is 0 Å². The fourth-order valence-corrected chi connectivity index (χ4v) is 9.77. The molecule has 14 nitrogen and oxygen atoms in total. The van der Waals surface area contributed by atoms with E-state index in [0.29, 0.717) is 48.1 Å². The number of hydrogen-bond donors (Lipinski definition) is 3. The first-order valence-corrected chi connectivity index (χ1v) is 21.5. The molecule has 1 aromatic carbocycles. The second kappa shape index (κ2) is 16.0. The molecule has 0 bridgehead atoms. The number of benzene rings is 1. The van der Waals surface area contributed by atoms with Crippen LogP contribution in [0.25, 0.3) is 10.8 Å².